The van der Waals surface area contributed by atoms with Crippen LogP contribution in [0.3, 0.4) is 0 Å². The van der Waals surface area contributed by atoms with E-state index in [1.165, 1.54) is 0 Å². The molecule has 0 aliphatic carbocycles. The minimum Gasteiger partial charge on any atom is -0.490 e. The molecule has 140 valence electrons. The highest BCUT2D eigenvalue weighted by atomic mass is 16.5. The van der Waals surface area contributed by atoms with Gasteiger partial charge in [0.15, 0.2) is 0 Å². The molecule has 1 saturated heterocycles. The van der Waals surface area contributed by atoms with Gasteiger partial charge in [-0.05, 0) is 42.7 Å². The fraction of sp³-hybridized carbons (Fsp3) is 0.318. The predicted molar refractivity (Wildman–Crippen MR) is 105 cm³/mol. The van der Waals surface area contributed by atoms with Gasteiger partial charge in [-0.15, -0.1) is 0 Å². The maximum absolute atomic E-state index is 13.0. The lowest BCUT2D eigenvalue weighted by Crippen LogP contribution is -2.27. The zero-order valence-electron chi connectivity index (χ0n) is 15.5. The third kappa shape index (κ3) is 3.83. The number of nitrogens with one attached hydrogen (secondary N) is 1. The third-order valence-corrected chi connectivity index (χ3v) is 5.01. The van der Waals surface area contributed by atoms with E-state index in [4.69, 9.17) is 9.47 Å². The quantitative estimate of drug-likeness (QED) is 0.719. The first-order chi connectivity index (χ1) is 13.2. The molecule has 1 aliphatic heterocycles. The Kier molecular flexibility index (Phi) is 5.12. The highest BCUT2D eigenvalue weighted by Crippen LogP contribution is 2.24. The number of hydrogen-bond donors (Lipinski definition) is 1. The van der Waals surface area contributed by atoms with E-state index in [-0.39, 0.29) is 12.0 Å². The lowest BCUT2D eigenvalue weighted by Gasteiger charge is -2.20. The molecule has 2 heterocycles. The van der Waals surface area contributed by atoms with Gasteiger partial charge in [0.2, 0.25) is 0 Å². The summed E-state index contributed by atoms with van der Waals surface area (Å²) >= 11 is 0. The summed E-state index contributed by atoms with van der Waals surface area (Å²) < 4.78 is 11.5. The second kappa shape index (κ2) is 7.84. The fourth-order valence-corrected chi connectivity index (χ4v) is 3.55. The van der Waals surface area contributed by atoms with E-state index in [0.29, 0.717) is 24.5 Å². The summed E-state index contributed by atoms with van der Waals surface area (Å²) in [6.07, 6.45) is 4.13. The first kappa shape index (κ1) is 17.6. The highest BCUT2D eigenvalue weighted by Gasteiger charge is 2.20. The number of carbonyl (C=O) groups is 1. The Hall–Kier alpha value is -2.79. The molecule has 0 radical (unpaired) electrons. The maximum atomic E-state index is 13.0. The summed E-state index contributed by atoms with van der Waals surface area (Å²) in [6, 6.07) is 15.6. The van der Waals surface area contributed by atoms with Gasteiger partial charge >= 0.3 is 0 Å². The van der Waals surface area contributed by atoms with E-state index in [1.54, 1.807) is 4.90 Å². The molecule has 0 bridgehead atoms. The van der Waals surface area contributed by atoms with E-state index in [2.05, 4.69) is 11.1 Å². The maximum Gasteiger partial charge on any atom is 0.257 e. The smallest absolute Gasteiger partial charge is 0.257 e. The minimum atomic E-state index is -0.0505. The molecule has 5 nitrogen and oxygen atoms in total. The number of aromatic nitrogens is 1. The Morgan fingerprint density at radius 1 is 1.22 bits per heavy atom. The van der Waals surface area contributed by atoms with E-state index in [0.717, 1.165) is 35.9 Å². The topological polar surface area (TPSA) is 54.6 Å². The molecule has 1 N–H and O–H groups in total. The minimum absolute atomic E-state index is 0.0505. The molecular weight excluding hydrogens is 340 g/mol. The molecule has 2 aromatic carbocycles. The zero-order valence-corrected chi connectivity index (χ0v) is 15.5. The van der Waals surface area contributed by atoms with Crippen LogP contribution in [0.2, 0.25) is 0 Å². The molecule has 1 aliphatic rings. The lowest BCUT2D eigenvalue weighted by molar-refractivity contribution is 0.0656. The van der Waals surface area contributed by atoms with Gasteiger partial charge in [-0.25, -0.2) is 0 Å². The number of fused-ring (bicyclic) bond motifs is 1. The number of ether oxygens (including phenoxy) is 2. The molecule has 1 atom stereocenters. The summed E-state index contributed by atoms with van der Waals surface area (Å²) in [5.41, 5.74) is 2.77. The van der Waals surface area contributed by atoms with Gasteiger partial charge in [0.25, 0.3) is 5.91 Å². The van der Waals surface area contributed by atoms with E-state index in [1.807, 2.05) is 55.7 Å². The van der Waals surface area contributed by atoms with E-state index in [9.17, 15) is 4.79 Å². The van der Waals surface area contributed by atoms with Crippen LogP contribution in [-0.2, 0) is 11.3 Å². The average molecular weight is 364 g/mol. The largest absolute Gasteiger partial charge is 0.490 e. The molecule has 4 rings (SSSR count). The number of aromatic amines is 1. The summed E-state index contributed by atoms with van der Waals surface area (Å²) in [6.45, 7) is 1.81. The molecule has 27 heavy (non-hydrogen) atoms. The van der Waals surface area contributed by atoms with Gasteiger partial charge in [-0.2, -0.15) is 0 Å². The van der Waals surface area contributed by atoms with Crippen molar-refractivity contribution in [1.29, 1.82) is 0 Å². The van der Waals surface area contributed by atoms with Gasteiger partial charge < -0.3 is 19.4 Å². The standard InChI is InChI=1S/C22H24N2O3/c1-24(14-16-6-4-9-20-18(16)11-12-23-20)22(25)19-8-2-3-10-21(19)27-15-17-7-5-13-26-17/h2-4,6,8-12,17,23H,5,7,13-15H2,1H3/t17-/m0/s1. The van der Waals surface area contributed by atoms with Crippen LogP contribution in [0, 0.1) is 0 Å². The van der Waals surface area contributed by atoms with Crippen molar-refractivity contribution in [2.45, 2.75) is 25.5 Å². The summed E-state index contributed by atoms with van der Waals surface area (Å²) in [5.74, 6) is 0.565. The molecule has 1 aromatic heterocycles. The van der Waals surface area contributed by atoms with E-state index >= 15 is 0 Å². The second-order valence-electron chi connectivity index (χ2n) is 6.96. The van der Waals surface area contributed by atoms with Crippen LogP contribution in [0.5, 0.6) is 5.75 Å². The van der Waals surface area contributed by atoms with Crippen molar-refractivity contribution in [1.82, 2.24) is 9.88 Å². The number of para-hydroxylation sites is 1. The van der Waals surface area contributed by atoms with Crippen LogP contribution in [0.1, 0.15) is 28.8 Å². The first-order valence-electron chi connectivity index (χ1n) is 9.36. The normalized spacial score (nSPS) is 16.6. The van der Waals surface area contributed by atoms with Crippen LogP contribution in [0.4, 0.5) is 0 Å². The number of benzene rings is 2. The van der Waals surface area contributed by atoms with Crippen molar-refractivity contribution in [2.75, 3.05) is 20.3 Å². The number of amides is 1. The lowest BCUT2D eigenvalue weighted by atomic mass is 10.1. The molecule has 0 unspecified atom stereocenters. The van der Waals surface area contributed by atoms with Crippen molar-refractivity contribution < 1.29 is 14.3 Å². The van der Waals surface area contributed by atoms with Crippen LogP contribution in [0.15, 0.2) is 54.7 Å². The Labute approximate surface area is 158 Å². The Bertz CT molecular complexity index is 928. The molecule has 0 spiro atoms. The van der Waals surface area contributed by atoms with Gasteiger partial charge in [-0.1, -0.05) is 24.3 Å². The van der Waals surface area contributed by atoms with Gasteiger partial charge in [0, 0.05) is 37.3 Å². The van der Waals surface area contributed by atoms with Crippen molar-refractivity contribution in [3.05, 3.63) is 65.9 Å². The number of carbonyl (C=O) groups excluding carboxylic acids is 1. The van der Waals surface area contributed by atoms with Gasteiger partial charge in [0.1, 0.15) is 12.4 Å². The van der Waals surface area contributed by atoms with Gasteiger partial charge in [-0.3, -0.25) is 4.79 Å². The van der Waals surface area contributed by atoms with Crippen molar-refractivity contribution in [3.8, 4) is 5.75 Å². The molecule has 5 heteroatoms. The molecule has 1 fully saturated rings. The fourth-order valence-electron chi connectivity index (χ4n) is 3.55. The predicted octanol–water partition coefficient (Wildman–Crippen LogP) is 4.00. The number of hydrogen-bond acceptors (Lipinski definition) is 3. The van der Waals surface area contributed by atoms with Crippen molar-refractivity contribution >= 4 is 16.8 Å². The number of nitrogens with zero attached hydrogens (tertiary/aromatic N) is 1. The Balaban J connectivity index is 1.49. The average Bonchev–Trinajstić information content (AvgIpc) is 3.38. The molecule has 0 saturated carbocycles. The van der Waals surface area contributed by atoms with Crippen LogP contribution < -0.4 is 4.74 Å². The summed E-state index contributed by atoms with van der Waals surface area (Å²) in [4.78, 5) is 18.0. The number of H-pyrrole nitrogens is 1. The zero-order chi connectivity index (χ0) is 18.6. The van der Waals surface area contributed by atoms with Crippen molar-refractivity contribution in [2.24, 2.45) is 0 Å². The SMILES string of the molecule is CN(Cc1cccc2[nH]ccc12)C(=O)c1ccccc1OC[C@@H]1CCCO1. The Morgan fingerprint density at radius 3 is 2.96 bits per heavy atom. The van der Waals surface area contributed by atoms with Crippen LogP contribution in [0.25, 0.3) is 10.9 Å². The van der Waals surface area contributed by atoms with Crippen LogP contribution >= 0.6 is 0 Å². The number of rotatable bonds is 6. The Morgan fingerprint density at radius 2 is 2.11 bits per heavy atom. The molecular formula is C22H24N2O3. The molecule has 3 aromatic rings. The second-order valence-corrected chi connectivity index (χ2v) is 6.96. The van der Waals surface area contributed by atoms with E-state index < -0.39 is 0 Å². The summed E-state index contributed by atoms with van der Waals surface area (Å²) in [7, 11) is 1.82. The van der Waals surface area contributed by atoms with Gasteiger partial charge in [0.05, 0.1) is 11.7 Å². The first-order valence-corrected chi connectivity index (χ1v) is 9.36. The highest BCUT2D eigenvalue weighted by molar-refractivity contribution is 5.97. The molecule has 1 amide bonds. The third-order valence-electron chi connectivity index (χ3n) is 5.01. The summed E-state index contributed by atoms with van der Waals surface area (Å²) in [5, 5.41) is 1.14. The van der Waals surface area contributed by atoms with Crippen molar-refractivity contribution in [3.63, 3.8) is 0 Å². The monoisotopic (exact) mass is 364 g/mol. The van der Waals surface area contributed by atoms with Crippen LogP contribution in [-0.4, -0.2) is 42.2 Å².